The van der Waals surface area contributed by atoms with Crippen LogP contribution >= 0.6 is 11.6 Å². The van der Waals surface area contributed by atoms with Gasteiger partial charge in [0, 0.05) is 16.3 Å². The van der Waals surface area contributed by atoms with Gasteiger partial charge in [-0.05, 0) is 42.7 Å². The van der Waals surface area contributed by atoms with Crippen molar-refractivity contribution >= 4 is 17.3 Å². The average molecular weight is 260 g/mol. The quantitative estimate of drug-likeness (QED) is 0.841. The van der Waals surface area contributed by atoms with Gasteiger partial charge in [0.15, 0.2) is 0 Å². The van der Waals surface area contributed by atoms with Crippen LogP contribution in [0.15, 0.2) is 42.5 Å². The molecule has 0 unspecified atom stereocenters. The van der Waals surface area contributed by atoms with E-state index in [4.69, 9.17) is 22.1 Å². The van der Waals surface area contributed by atoms with Crippen molar-refractivity contribution in [2.24, 2.45) is 0 Å². The smallest absolute Gasteiger partial charge is 0.120 e. The van der Waals surface area contributed by atoms with Gasteiger partial charge in [0.2, 0.25) is 0 Å². The van der Waals surface area contributed by atoms with Crippen molar-refractivity contribution in [2.75, 3.05) is 5.73 Å². The number of hydrogen-bond donors (Lipinski definition) is 1. The third-order valence-corrected chi connectivity index (χ3v) is 3.22. The van der Waals surface area contributed by atoms with Gasteiger partial charge in [-0.1, -0.05) is 29.8 Å². The van der Waals surface area contributed by atoms with E-state index < -0.39 is 0 Å². The lowest BCUT2D eigenvalue weighted by molar-refractivity contribution is 0.303. The summed E-state index contributed by atoms with van der Waals surface area (Å²) in [5, 5.41) is 0.654. The molecule has 0 heterocycles. The Kier molecular flexibility index (Phi) is 2.88. The highest BCUT2D eigenvalue weighted by Gasteiger charge is 2.23. The fourth-order valence-electron chi connectivity index (χ4n) is 1.91. The first-order valence-corrected chi connectivity index (χ1v) is 6.42. The third kappa shape index (κ3) is 2.44. The van der Waals surface area contributed by atoms with E-state index in [2.05, 4.69) is 0 Å². The fourth-order valence-corrected chi connectivity index (χ4v) is 2.09. The largest absolute Gasteiger partial charge is 0.490 e. The predicted molar refractivity (Wildman–Crippen MR) is 75.0 cm³/mol. The molecule has 18 heavy (non-hydrogen) atoms. The Hall–Kier alpha value is -1.67. The normalized spacial score (nSPS) is 14.5. The first kappa shape index (κ1) is 11.4. The number of nitrogen functional groups attached to an aromatic ring is 1. The Bertz CT molecular complexity index is 578. The Labute approximate surface area is 111 Å². The monoisotopic (exact) mass is 259 g/mol. The third-order valence-electron chi connectivity index (χ3n) is 2.99. The van der Waals surface area contributed by atoms with Crippen LogP contribution < -0.4 is 10.5 Å². The number of rotatable bonds is 3. The molecule has 0 bridgehead atoms. The summed E-state index contributed by atoms with van der Waals surface area (Å²) in [5.74, 6) is 0.907. The molecule has 2 aromatic carbocycles. The van der Waals surface area contributed by atoms with Crippen LogP contribution in [-0.4, -0.2) is 6.10 Å². The lowest BCUT2D eigenvalue weighted by Crippen LogP contribution is -1.96. The standard InChI is InChI=1S/C15H14ClNO/c16-11-4-7-14(15(17)9-11)10-2-1-3-13(8-10)18-12-5-6-12/h1-4,7-9,12H,5-6,17H2. The summed E-state index contributed by atoms with van der Waals surface area (Å²) in [4.78, 5) is 0. The van der Waals surface area contributed by atoms with Crippen molar-refractivity contribution < 1.29 is 4.74 Å². The molecular formula is C15H14ClNO. The van der Waals surface area contributed by atoms with Crippen LogP contribution in [0.2, 0.25) is 5.02 Å². The van der Waals surface area contributed by atoms with Crippen LogP contribution in [0.1, 0.15) is 12.8 Å². The van der Waals surface area contributed by atoms with E-state index in [0.29, 0.717) is 16.8 Å². The zero-order valence-electron chi connectivity index (χ0n) is 9.90. The molecule has 0 spiro atoms. The number of benzene rings is 2. The maximum Gasteiger partial charge on any atom is 0.120 e. The minimum atomic E-state index is 0.405. The lowest BCUT2D eigenvalue weighted by atomic mass is 10.0. The van der Waals surface area contributed by atoms with Crippen LogP contribution in [0.25, 0.3) is 11.1 Å². The summed E-state index contributed by atoms with van der Waals surface area (Å²) in [5.41, 5.74) is 8.72. The summed E-state index contributed by atoms with van der Waals surface area (Å²) >= 11 is 5.91. The van der Waals surface area contributed by atoms with Crippen LogP contribution in [-0.2, 0) is 0 Å². The number of halogens is 1. The Morgan fingerprint density at radius 2 is 1.94 bits per heavy atom. The maximum absolute atomic E-state index is 5.99. The molecule has 2 N–H and O–H groups in total. The predicted octanol–water partition coefficient (Wildman–Crippen LogP) is 4.13. The van der Waals surface area contributed by atoms with Gasteiger partial charge in [-0.15, -0.1) is 0 Å². The van der Waals surface area contributed by atoms with Crippen LogP contribution in [0, 0.1) is 0 Å². The van der Waals surface area contributed by atoms with Crippen LogP contribution in [0.4, 0.5) is 5.69 Å². The minimum Gasteiger partial charge on any atom is -0.490 e. The van der Waals surface area contributed by atoms with E-state index in [0.717, 1.165) is 29.7 Å². The van der Waals surface area contributed by atoms with E-state index >= 15 is 0 Å². The molecule has 1 saturated carbocycles. The van der Waals surface area contributed by atoms with Crippen molar-refractivity contribution in [3.8, 4) is 16.9 Å². The van der Waals surface area contributed by atoms with Gasteiger partial charge in [-0.3, -0.25) is 0 Å². The number of nitrogens with two attached hydrogens (primary N) is 1. The molecule has 2 nitrogen and oxygen atoms in total. The molecule has 0 atom stereocenters. The van der Waals surface area contributed by atoms with Crippen LogP contribution in [0.3, 0.4) is 0 Å². The van der Waals surface area contributed by atoms with Gasteiger partial charge in [0.25, 0.3) is 0 Å². The van der Waals surface area contributed by atoms with Gasteiger partial charge in [-0.2, -0.15) is 0 Å². The number of hydrogen-bond acceptors (Lipinski definition) is 2. The van der Waals surface area contributed by atoms with E-state index in [1.807, 2.05) is 36.4 Å². The molecular weight excluding hydrogens is 246 g/mol. The average Bonchev–Trinajstić information content (AvgIpc) is 3.13. The zero-order valence-corrected chi connectivity index (χ0v) is 10.7. The Balaban J connectivity index is 1.94. The second kappa shape index (κ2) is 4.54. The highest BCUT2D eigenvalue weighted by atomic mass is 35.5. The van der Waals surface area contributed by atoms with Gasteiger partial charge in [-0.25, -0.2) is 0 Å². The molecule has 3 heteroatoms. The van der Waals surface area contributed by atoms with Crippen molar-refractivity contribution in [1.29, 1.82) is 0 Å². The summed E-state index contributed by atoms with van der Waals surface area (Å²) < 4.78 is 5.78. The Morgan fingerprint density at radius 1 is 1.11 bits per heavy atom. The molecule has 0 aliphatic heterocycles. The van der Waals surface area contributed by atoms with Crippen molar-refractivity contribution in [3.63, 3.8) is 0 Å². The SMILES string of the molecule is Nc1cc(Cl)ccc1-c1cccc(OC2CC2)c1. The van der Waals surface area contributed by atoms with Gasteiger partial charge in [0.05, 0.1) is 6.10 Å². The second-order valence-corrected chi connectivity index (χ2v) is 5.01. The molecule has 3 rings (SSSR count). The summed E-state index contributed by atoms with van der Waals surface area (Å²) in [7, 11) is 0. The number of ether oxygens (including phenoxy) is 1. The zero-order chi connectivity index (χ0) is 12.5. The van der Waals surface area contributed by atoms with Gasteiger partial charge in [0.1, 0.15) is 5.75 Å². The molecule has 0 aromatic heterocycles. The molecule has 2 aromatic rings. The fraction of sp³-hybridized carbons (Fsp3) is 0.200. The van der Waals surface area contributed by atoms with E-state index in [1.165, 1.54) is 0 Å². The molecule has 1 aliphatic carbocycles. The molecule has 0 saturated heterocycles. The molecule has 1 fully saturated rings. The van der Waals surface area contributed by atoms with Crippen molar-refractivity contribution in [1.82, 2.24) is 0 Å². The summed E-state index contributed by atoms with van der Waals surface area (Å²) in [6, 6.07) is 13.6. The highest BCUT2D eigenvalue weighted by molar-refractivity contribution is 6.31. The van der Waals surface area contributed by atoms with Crippen molar-refractivity contribution in [2.45, 2.75) is 18.9 Å². The van der Waals surface area contributed by atoms with Gasteiger partial charge < -0.3 is 10.5 Å². The van der Waals surface area contributed by atoms with E-state index in [-0.39, 0.29) is 0 Å². The molecule has 0 radical (unpaired) electrons. The second-order valence-electron chi connectivity index (χ2n) is 4.58. The highest BCUT2D eigenvalue weighted by Crippen LogP contribution is 2.32. The van der Waals surface area contributed by atoms with Crippen LogP contribution in [0.5, 0.6) is 5.75 Å². The van der Waals surface area contributed by atoms with E-state index in [1.54, 1.807) is 6.07 Å². The van der Waals surface area contributed by atoms with Gasteiger partial charge >= 0.3 is 0 Å². The Morgan fingerprint density at radius 3 is 2.67 bits per heavy atom. The summed E-state index contributed by atoms with van der Waals surface area (Å²) in [6.07, 6.45) is 2.73. The maximum atomic E-state index is 5.99. The first-order valence-electron chi connectivity index (χ1n) is 6.04. The van der Waals surface area contributed by atoms with Crippen molar-refractivity contribution in [3.05, 3.63) is 47.5 Å². The molecule has 0 amide bonds. The molecule has 1 aliphatic rings. The topological polar surface area (TPSA) is 35.2 Å². The summed E-state index contributed by atoms with van der Waals surface area (Å²) in [6.45, 7) is 0. The minimum absolute atomic E-state index is 0.405. The first-order chi connectivity index (χ1) is 8.72. The van der Waals surface area contributed by atoms with E-state index in [9.17, 15) is 0 Å². The molecule has 92 valence electrons. The number of anilines is 1. The lowest BCUT2D eigenvalue weighted by Gasteiger charge is -2.09.